The van der Waals surface area contributed by atoms with Crippen molar-refractivity contribution in [2.45, 2.75) is 70.6 Å². The third kappa shape index (κ3) is 7.87. The fourth-order valence-electron chi connectivity index (χ4n) is 4.08. The lowest BCUT2D eigenvalue weighted by Gasteiger charge is -2.29. The number of carbonyl (C=O) groups excluding carboxylic acids is 2. The summed E-state index contributed by atoms with van der Waals surface area (Å²) >= 11 is 0. The summed E-state index contributed by atoms with van der Waals surface area (Å²) in [6, 6.07) is -0.399. The molecule has 1 aromatic rings. The minimum absolute atomic E-state index is 0.0416. The monoisotopic (exact) mass is 445 g/mol. The van der Waals surface area contributed by atoms with Crippen LogP contribution in [0, 0.1) is 5.92 Å². The second-order valence-corrected chi connectivity index (χ2v) is 8.63. The molecule has 9 heteroatoms. The van der Waals surface area contributed by atoms with E-state index in [1.165, 1.54) is 38.2 Å². The number of nitrogens with zero attached hydrogens (tertiary/aromatic N) is 3. The fourth-order valence-corrected chi connectivity index (χ4v) is 4.08. The highest BCUT2D eigenvalue weighted by Crippen LogP contribution is 2.24. The zero-order valence-corrected chi connectivity index (χ0v) is 19.1. The topological polar surface area (TPSA) is 106 Å². The van der Waals surface area contributed by atoms with Crippen LogP contribution >= 0.6 is 0 Å². The highest BCUT2D eigenvalue weighted by Gasteiger charge is 2.22. The minimum atomic E-state index is -0.400. The van der Waals surface area contributed by atoms with Crippen LogP contribution in [0.4, 0.5) is 5.82 Å². The maximum Gasteiger partial charge on any atom is 0.267 e. The average molecular weight is 446 g/mol. The van der Waals surface area contributed by atoms with Gasteiger partial charge >= 0.3 is 0 Å². The Hall–Kier alpha value is -2.52. The number of anilines is 1. The molecule has 1 unspecified atom stereocenters. The molecule has 1 aliphatic heterocycles. The number of carbonyl (C=O) groups is 2. The lowest BCUT2D eigenvalue weighted by molar-refractivity contribution is -0.198. The molecule has 0 aromatic carbocycles. The molecule has 1 saturated carbocycles. The Bertz CT molecular complexity index is 758. The third-order valence-electron chi connectivity index (χ3n) is 5.87. The molecule has 0 bridgehead atoms. The Morgan fingerprint density at radius 2 is 1.97 bits per heavy atom. The third-order valence-corrected chi connectivity index (χ3v) is 5.87. The summed E-state index contributed by atoms with van der Waals surface area (Å²) in [5.74, 6) is 0.758. The van der Waals surface area contributed by atoms with E-state index in [9.17, 15) is 9.59 Å². The summed E-state index contributed by atoms with van der Waals surface area (Å²) in [5, 5.41) is 3.11. The van der Waals surface area contributed by atoms with Crippen LogP contribution in [0.15, 0.2) is 18.5 Å². The smallest absolute Gasteiger partial charge is 0.267 e. The Balaban J connectivity index is 1.41. The normalized spacial score (nSPS) is 20.6. The Labute approximate surface area is 189 Å². The molecule has 32 heavy (non-hydrogen) atoms. The molecule has 0 spiro atoms. The van der Waals surface area contributed by atoms with Crippen LogP contribution in [0.1, 0.15) is 64.0 Å². The molecule has 1 aliphatic carbocycles. The molecule has 2 fully saturated rings. The fraction of sp³-hybridized carbons (Fsp3) is 0.652. The van der Waals surface area contributed by atoms with Gasteiger partial charge in [-0.1, -0.05) is 19.3 Å². The number of hydroxylamine groups is 1. The van der Waals surface area contributed by atoms with Crippen LogP contribution in [-0.2, 0) is 19.2 Å². The summed E-state index contributed by atoms with van der Waals surface area (Å²) in [4.78, 5) is 40.2. The zero-order valence-electron chi connectivity index (χ0n) is 19.1. The van der Waals surface area contributed by atoms with Gasteiger partial charge in [0.15, 0.2) is 6.29 Å². The van der Waals surface area contributed by atoms with Gasteiger partial charge in [-0.05, 0) is 44.6 Å². The quantitative estimate of drug-likeness (QED) is 0.445. The van der Waals surface area contributed by atoms with Crippen molar-refractivity contribution in [1.82, 2.24) is 20.3 Å². The van der Waals surface area contributed by atoms with Crippen molar-refractivity contribution >= 4 is 23.7 Å². The molecule has 2 N–H and O–H groups in total. The first-order valence-corrected chi connectivity index (χ1v) is 11.6. The molecular weight excluding hydrogens is 410 g/mol. The average Bonchev–Trinajstić information content (AvgIpc) is 2.83. The highest BCUT2D eigenvalue weighted by molar-refractivity contribution is 5.90. The Morgan fingerprint density at radius 1 is 1.19 bits per heavy atom. The number of rotatable bonds is 9. The molecule has 2 aliphatic rings. The van der Waals surface area contributed by atoms with E-state index >= 15 is 0 Å². The van der Waals surface area contributed by atoms with Gasteiger partial charge in [0.1, 0.15) is 11.9 Å². The molecule has 3 rings (SSSR count). The number of nitrogens with one attached hydrogen (secondary N) is 2. The van der Waals surface area contributed by atoms with Gasteiger partial charge in [0.05, 0.1) is 18.1 Å². The van der Waals surface area contributed by atoms with Crippen LogP contribution in [0.2, 0.25) is 0 Å². The predicted molar refractivity (Wildman–Crippen MR) is 121 cm³/mol. The van der Waals surface area contributed by atoms with E-state index < -0.39 is 18.2 Å². The molecule has 1 aromatic heterocycles. The van der Waals surface area contributed by atoms with Crippen molar-refractivity contribution in [3.8, 4) is 0 Å². The molecular formula is C23H35N5O4. The highest BCUT2D eigenvalue weighted by atomic mass is 16.8. The number of aromatic nitrogens is 2. The van der Waals surface area contributed by atoms with Gasteiger partial charge in [0.2, 0.25) is 5.91 Å². The van der Waals surface area contributed by atoms with Crippen molar-refractivity contribution in [2.24, 2.45) is 5.92 Å². The molecule has 2 amide bonds. The maximum atomic E-state index is 12.7. The van der Waals surface area contributed by atoms with Crippen molar-refractivity contribution in [1.29, 1.82) is 0 Å². The van der Waals surface area contributed by atoms with Gasteiger partial charge in [-0.2, -0.15) is 0 Å². The number of ether oxygens (including phenoxy) is 1. The van der Waals surface area contributed by atoms with Gasteiger partial charge in [-0.15, -0.1) is 0 Å². The van der Waals surface area contributed by atoms with E-state index in [-0.39, 0.29) is 5.91 Å². The van der Waals surface area contributed by atoms with Crippen LogP contribution in [0.25, 0.3) is 6.08 Å². The summed E-state index contributed by atoms with van der Waals surface area (Å²) in [7, 11) is 1.86. The van der Waals surface area contributed by atoms with Gasteiger partial charge in [-0.3, -0.25) is 14.6 Å². The van der Waals surface area contributed by atoms with Crippen LogP contribution < -0.4 is 10.8 Å². The van der Waals surface area contributed by atoms with E-state index in [4.69, 9.17) is 9.57 Å². The van der Waals surface area contributed by atoms with Crippen molar-refractivity contribution in [3.05, 3.63) is 24.2 Å². The van der Waals surface area contributed by atoms with Crippen molar-refractivity contribution < 1.29 is 19.2 Å². The lowest BCUT2D eigenvalue weighted by atomic mass is 9.89. The van der Waals surface area contributed by atoms with Gasteiger partial charge in [0.25, 0.3) is 5.91 Å². The first-order valence-electron chi connectivity index (χ1n) is 11.6. The van der Waals surface area contributed by atoms with E-state index in [0.717, 1.165) is 25.8 Å². The van der Waals surface area contributed by atoms with E-state index in [0.29, 0.717) is 24.0 Å². The zero-order chi connectivity index (χ0) is 22.8. The molecule has 1 saturated heterocycles. The second kappa shape index (κ2) is 12.5. The largest absolute Gasteiger partial charge is 0.357 e. The Morgan fingerprint density at radius 3 is 2.66 bits per heavy atom. The van der Waals surface area contributed by atoms with Crippen LogP contribution in [0.5, 0.6) is 0 Å². The SMILES string of the molecule is C[C@@H](Nc1cnc(/C=C/C(=O)NOC2CCCCO2)cn1)C(=O)N(C)CC1CCCCC1. The molecule has 176 valence electrons. The summed E-state index contributed by atoms with van der Waals surface area (Å²) in [5.41, 5.74) is 2.88. The first kappa shape index (κ1) is 24.1. The van der Waals surface area contributed by atoms with Gasteiger partial charge in [0, 0.05) is 32.7 Å². The van der Waals surface area contributed by atoms with E-state index in [2.05, 4.69) is 20.8 Å². The minimum Gasteiger partial charge on any atom is -0.357 e. The summed E-state index contributed by atoms with van der Waals surface area (Å²) < 4.78 is 5.39. The molecule has 2 atom stereocenters. The van der Waals surface area contributed by atoms with Crippen molar-refractivity contribution in [2.75, 3.05) is 25.5 Å². The van der Waals surface area contributed by atoms with E-state index in [1.54, 1.807) is 18.5 Å². The van der Waals surface area contributed by atoms with Crippen LogP contribution in [0.3, 0.4) is 0 Å². The number of likely N-dealkylation sites (N-methyl/N-ethyl adjacent to an activating group) is 1. The van der Waals surface area contributed by atoms with Crippen molar-refractivity contribution in [3.63, 3.8) is 0 Å². The van der Waals surface area contributed by atoms with Gasteiger partial charge < -0.3 is 15.0 Å². The Kier molecular flexibility index (Phi) is 9.43. The second-order valence-electron chi connectivity index (χ2n) is 8.63. The predicted octanol–water partition coefficient (Wildman–Crippen LogP) is 2.90. The van der Waals surface area contributed by atoms with Gasteiger partial charge in [-0.25, -0.2) is 15.3 Å². The molecule has 2 heterocycles. The maximum absolute atomic E-state index is 12.7. The molecule has 9 nitrogen and oxygen atoms in total. The van der Waals surface area contributed by atoms with Crippen LogP contribution in [-0.4, -0.2) is 59.2 Å². The summed E-state index contributed by atoms with van der Waals surface area (Å²) in [6.07, 6.45) is 14.6. The molecule has 0 radical (unpaired) electrons. The number of amides is 2. The number of hydrogen-bond acceptors (Lipinski definition) is 7. The van der Waals surface area contributed by atoms with E-state index in [1.807, 2.05) is 18.9 Å². The summed E-state index contributed by atoms with van der Waals surface area (Å²) in [6.45, 7) is 3.28. The first-order chi connectivity index (χ1) is 15.5. The lowest BCUT2D eigenvalue weighted by Crippen LogP contribution is -2.41. The standard InChI is InChI=1S/C23H35N5O4/c1-17(23(30)28(2)16-18-8-4-3-5-9-18)26-20-15-24-19(14-25-20)11-12-21(29)27-32-22-10-6-7-13-31-22/h11-12,14-15,17-18,22H,3-10,13,16H2,1-2H3,(H,25,26)(H,27,29)/b12-11+/t17-,22?/m1/s1. The number of hydrogen-bond donors (Lipinski definition) is 2.